The van der Waals surface area contributed by atoms with Crippen molar-refractivity contribution in [1.82, 2.24) is 9.55 Å². The molecule has 0 saturated carbocycles. The molecule has 1 aromatic carbocycles. The highest BCUT2D eigenvalue weighted by molar-refractivity contribution is 5.61. The van der Waals surface area contributed by atoms with Gasteiger partial charge in [0.1, 0.15) is 5.82 Å². The minimum Gasteiger partial charge on any atom is -0.296 e. The number of rotatable bonds is 1. The number of benzene rings is 1. The molecular formula is C13H12N2O. The van der Waals surface area contributed by atoms with Crippen LogP contribution in [0.3, 0.4) is 0 Å². The maximum Gasteiger partial charge on any atom is 0.261 e. The predicted molar refractivity (Wildman–Crippen MR) is 62.3 cm³/mol. The number of aromatic nitrogens is 2. The Bertz CT molecular complexity index is 572. The average Bonchev–Trinajstić information content (AvgIpc) is 2.80. The molecule has 16 heavy (non-hydrogen) atoms. The number of aryl methyl sites for hydroxylation is 1. The molecule has 0 bridgehead atoms. The van der Waals surface area contributed by atoms with Crippen LogP contribution in [0.15, 0.2) is 41.3 Å². The Labute approximate surface area is 93.4 Å². The lowest BCUT2D eigenvalue weighted by molar-refractivity contribution is 0.713. The summed E-state index contributed by atoms with van der Waals surface area (Å²) in [7, 11) is 0. The van der Waals surface area contributed by atoms with Crippen molar-refractivity contribution in [2.75, 3.05) is 0 Å². The molecule has 0 atom stereocenters. The first-order valence-corrected chi connectivity index (χ1v) is 5.50. The van der Waals surface area contributed by atoms with Crippen molar-refractivity contribution >= 4 is 0 Å². The van der Waals surface area contributed by atoms with E-state index in [9.17, 15) is 4.79 Å². The van der Waals surface area contributed by atoms with Crippen LogP contribution in [0, 0.1) is 0 Å². The van der Waals surface area contributed by atoms with Crippen LogP contribution in [0.4, 0.5) is 0 Å². The first-order chi connectivity index (χ1) is 7.86. The van der Waals surface area contributed by atoms with Gasteiger partial charge in [-0.3, -0.25) is 9.36 Å². The van der Waals surface area contributed by atoms with Gasteiger partial charge in [-0.25, -0.2) is 4.98 Å². The monoisotopic (exact) mass is 212 g/mol. The van der Waals surface area contributed by atoms with Gasteiger partial charge in [0.05, 0.1) is 5.56 Å². The number of fused-ring (bicyclic) bond motifs is 1. The van der Waals surface area contributed by atoms with Gasteiger partial charge in [0, 0.05) is 19.2 Å². The maximum absolute atomic E-state index is 12.2. The third-order valence-electron chi connectivity index (χ3n) is 3.00. The number of nitrogens with zero attached hydrogens (tertiary/aromatic N) is 2. The Hall–Kier alpha value is -1.90. The van der Waals surface area contributed by atoms with Gasteiger partial charge in [-0.15, -0.1) is 0 Å². The Kier molecular flexibility index (Phi) is 2.10. The van der Waals surface area contributed by atoms with Crippen LogP contribution in [-0.4, -0.2) is 9.55 Å². The predicted octanol–water partition coefficient (Wildman–Crippen LogP) is 1.86. The van der Waals surface area contributed by atoms with Gasteiger partial charge in [0.2, 0.25) is 0 Å². The van der Waals surface area contributed by atoms with Crippen molar-refractivity contribution < 1.29 is 0 Å². The molecule has 0 amide bonds. The van der Waals surface area contributed by atoms with Crippen molar-refractivity contribution in [1.29, 1.82) is 0 Å². The fourth-order valence-corrected chi connectivity index (χ4v) is 2.17. The van der Waals surface area contributed by atoms with Crippen molar-refractivity contribution in [2.45, 2.75) is 19.4 Å². The van der Waals surface area contributed by atoms with E-state index >= 15 is 0 Å². The Morgan fingerprint density at radius 3 is 2.81 bits per heavy atom. The fourth-order valence-electron chi connectivity index (χ4n) is 2.17. The van der Waals surface area contributed by atoms with E-state index in [0.717, 1.165) is 30.8 Å². The minimum atomic E-state index is 0.0914. The number of hydrogen-bond acceptors (Lipinski definition) is 2. The smallest absolute Gasteiger partial charge is 0.261 e. The molecule has 3 rings (SSSR count). The van der Waals surface area contributed by atoms with E-state index in [0.29, 0.717) is 5.56 Å². The fraction of sp³-hybridized carbons (Fsp3) is 0.231. The largest absolute Gasteiger partial charge is 0.296 e. The van der Waals surface area contributed by atoms with Crippen LogP contribution in [0.2, 0.25) is 0 Å². The lowest BCUT2D eigenvalue weighted by Crippen LogP contribution is -2.22. The molecule has 3 heteroatoms. The summed E-state index contributed by atoms with van der Waals surface area (Å²) in [5.74, 6) is 0.921. The van der Waals surface area contributed by atoms with Crippen molar-refractivity contribution in [3.05, 3.63) is 52.7 Å². The molecule has 2 aromatic rings. The van der Waals surface area contributed by atoms with Crippen LogP contribution in [0.1, 0.15) is 12.2 Å². The summed E-state index contributed by atoms with van der Waals surface area (Å²) >= 11 is 0. The van der Waals surface area contributed by atoms with Crippen LogP contribution in [-0.2, 0) is 13.0 Å². The topological polar surface area (TPSA) is 34.9 Å². The molecule has 1 aliphatic heterocycles. The van der Waals surface area contributed by atoms with E-state index in [1.807, 2.05) is 30.3 Å². The zero-order chi connectivity index (χ0) is 11.0. The summed E-state index contributed by atoms with van der Waals surface area (Å²) in [5, 5.41) is 0. The standard InChI is InChI=1S/C13H12N2O/c16-13-11(10-5-2-1-3-6-10)9-14-12-7-4-8-15(12)13/h1-3,5-6,9H,4,7-8H2. The molecule has 3 nitrogen and oxygen atoms in total. The quantitative estimate of drug-likeness (QED) is 0.723. The molecule has 0 aliphatic carbocycles. The first-order valence-electron chi connectivity index (χ1n) is 5.50. The van der Waals surface area contributed by atoms with Crippen LogP contribution in [0.5, 0.6) is 0 Å². The summed E-state index contributed by atoms with van der Waals surface area (Å²) in [6, 6.07) is 9.71. The molecule has 0 spiro atoms. The van der Waals surface area contributed by atoms with Gasteiger partial charge in [0.15, 0.2) is 0 Å². The van der Waals surface area contributed by atoms with E-state index < -0.39 is 0 Å². The lowest BCUT2D eigenvalue weighted by Gasteiger charge is -2.05. The third kappa shape index (κ3) is 1.36. The molecule has 0 unspecified atom stereocenters. The van der Waals surface area contributed by atoms with Gasteiger partial charge >= 0.3 is 0 Å². The summed E-state index contributed by atoms with van der Waals surface area (Å²) in [4.78, 5) is 16.5. The molecular weight excluding hydrogens is 200 g/mol. The molecule has 0 fully saturated rings. The maximum atomic E-state index is 12.2. The van der Waals surface area contributed by atoms with E-state index in [1.165, 1.54) is 0 Å². The highest BCUT2D eigenvalue weighted by Gasteiger charge is 2.15. The highest BCUT2D eigenvalue weighted by atomic mass is 16.1. The zero-order valence-corrected chi connectivity index (χ0v) is 8.89. The minimum absolute atomic E-state index is 0.0914. The zero-order valence-electron chi connectivity index (χ0n) is 8.89. The van der Waals surface area contributed by atoms with E-state index in [4.69, 9.17) is 0 Å². The van der Waals surface area contributed by atoms with Crippen LogP contribution >= 0.6 is 0 Å². The molecule has 0 radical (unpaired) electrons. The molecule has 2 heterocycles. The molecule has 80 valence electrons. The highest BCUT2D eigenvalue weighted by Crippen LogP contribution is 2.16. The van der Waals surface area contributed by atoms with E-state index in [2.05, 4.69) is 4.98 Å². The average molecular weight is 212 g/mol. The second kappa shape index (κ2) is 3.59. The van der Waals surface area contributed by atoms with E-state index in [-0.39, 0.29) is 5.56 Å². The normalized spacial score (nSPS) is 13.8. The molecule has 1 aliphatic rings. The second-order valence-electron chi connectivity index (χ2n) is 4.01. The molecule has 1 aromatic heterocycles. The Morgan fingerprint density at radius 2 is 2.00 bits per heavy atom. The summed E-state index contributed by atoms with van der Waals surface area (Å²) in [5.41, 5.74) is 1.74. The van der Waals surface area contributed by atoms with Gasteiger partial charge in [-0.1, -0.05) is 30.3 Å². The first kappa shape index (κ1) is 9.33. The molecule has 0 N–H and O–H groups in total. The Balaban J connectivity index is 2.21. The van der Waals surface area contributed by atoms with Crippen molar-refractivity contribution in [3.63, 3.8) is 0 Å². The van der Waals surface area contributed by atoms with Gasteiger partial charge in [-0.05, 0) is 12.0 Å². The van der Waals surface area contributed by atoms with Crippen LogP contribution < -0.4 is 5.56 Å². The Morgan fingerprint density at radius 1 is 1.19 bits per heavy atom. The van der Waals surface area contributed by atoms with Crippen molar-refractivity contribution in [2.24, 2.45) is 0 Å². The van der Waals surface area contributed by atoms with E-state index in [1.54, 1.807) is 10.8 Å². The summed E-state index contributed by atoms with van der Waals surface area (Å²) in [6.07, 6.45) is 3.65. The van der Waals surface area contributed by atoms with Gasteiger partial charge < -0.3 is 0 Å². The summed E-state index contributed by atoms with van der Waals surface area (Å²) < 4.78 is 1.79. The lowest BCUT2D eigenvalue weighted by atomic mass is 10.1. The number of hydrogen-bond donors (Lipinski definition) is 0. The molecule has 0 saturated heterocycles. The van der Waals surface area contributed by atoms with Gasteiger partial charge in [0.25, 0.3) is 5.56 Å². The summed E-state index contributed by atoms with van der Waals surface area (Å²) in [6.45, 7) is 0.807. The van der Waals surface area contributed by atoms with Gasteiger partial charge in [-0.2, -0.15) is 0 Å². The van der Waals surface area contributed by atoms with Crippen molar-refractivity contribution in [3.8, 4) is 11.1 Å². The second-order valence-corrected chi connectivity index (χ2v) is 4.01. The third-order valence-corrected chi connectivity index (χ3v) is 3.00. The van der Waals surface area contributed by atoms with Crippen LogP contribution in [0.25, 0.3) is 11.1 Å². The SMILES string of the molecule is O=c1c(-c2ccccc2)cnc2n1CCC2.